The van der Waals surface area contributed by atoms with Crippen LogP contribution in [0.2, 0.25) is 5.02 Å². The summed E-state index contributed by atoms with van der Waals surface area (Å²) < 4.78 is 43.9. The number of esters is 1. The van der Waals surface area contributed by atoms with Gasteiger partial charge in [-0.25, -0.2) is 8.42 Å². The summed E-state index contributed by atoms with van der Waals surface area (Å²) in [6.07, 6.45) is -0.589. The Labute approximate surface area is 179 Å². The van der Waals surface area contributed by atoms with Gasteiger partial charge in [0.1, 0.15) is 12.0 Å². The van der Waals surface area contributed by atoms with Crippen molar-refractivity contribution in [1.29, 1.82) is 0 Å². The molecule has 0 aromatic heterocycles. The van der Waals surface area contributed by atoms with Crippen LogP contribution in [0, 0.1) is 0 Å². The van der Waals surface area contributed by atoms with Gasteiger partial charge in [-0.15, -0.1) is 0 Å². The smallest absolute Gasteiger partial charge is 0.314 e. The third kappa shape index (κ3) is 5.03. The molecule has 0 amide bonds. The largest absolute Gasteiger partial charge is 0.460 e. The van der Waals surface area contributed by atoms with Crippen molar-refractivity contribution in [2.24, 2.45) is 0 Å². The van der Waals surface area contributed by atoms with Crippen LogP contribution in [0.25, 0.3) is 0 Å². The maximum Gasteiger partial charge on any atom is 0.314 e. The van der Waals surface area contributed by atoms with Gasteiger partial charge in [-0.05, 0) is 26.8 Å². The van der Waals surface area contributed by atoms with Crippen LogP contribution in [-0.2, 0) is 19.6 Å². The molecule has 0 radical (unpaired) electrons. The Morgan fingerprint density at radius 3 is 2.43 bits per heavy atom. The van der Waals surface area contributed by atoms with Crippen LogP contribution < -0.4 is 14.2 Å². The summed E-state index contributed by atoms with van der Waals surface area (Å²) >= 11 is 6.14. The zero-order chi connectivity index (χ0) is 22.1. The average Bonchev–Trinajstić information content (AvgIpc) is 3.07. The fraction of sp³-hybridized carbons (Fsp3) is 0.300. The second kappa shape index (κ2) is 8.16. The van der Waals surface area contributed by atoms with Crippen LogP contribution in [0.4, 0.5) is 5.69 Å². The van der Waals surface area contributed by atoms with E-state index >= 15 is 0 Å². The Bertz CT molecular complexity index is 1110. The van der Waals surface area contributed by atoms with Crippen molar-refractivity contribution >= 4 is 39.1 Å². The minimum absolute atomic E-state index is 0.00384. The highest BCUT2D eigenvalue weighted by Crippen LogP contribution is 2.40. The minimum Gasteiger partial charge on any atom is -0.460 e. The van der Waals surface area contributed by atoms with Crippen molar-refractivity contribution in [3.05, 3.63) is 47.0 Å². The van der Waals surface area contributed by atoms with Gasteiger partial charge in [0, 0.05) is 17.7 Å². The summed E-state index contributed by atoms with van der Waals surface area (Å²) in [4.78, 5) is 24.3. The molecule has 1 aliphatic rings. The third-order valence-electron chi connectivity index (χ3n) is 3.91. The topological polar surface area (TPSA) is 108 Å². The second-order valence-electron chi connectivity index (χ2n) is 7.47. The van der Waals surface area contributed by atoms with E-state index in [1.165, 1.54) is 36.4 Å². The van der Waals surface area contributed by atoms with Crippen molar-refractivity contribution in [2.75, 3.05) is 11.5 Å². The fourth-order valence-corrected chi connectivity index (χ4v) is 4.28. The lowest BCUT2D eigenvalue weighted by Crippen LogP contribution is -2.26. The summed E-state index contributed by atoms with van der Waals surface area (Å²) in [6.45, 7) is 5.02. The Morgan fingerprint density at radius 2 is 1.77 bits per heavy atom. The Morgan fingerprint density at radius 1 is 1.13 bits per heavy atom. The monoisotopic (exact) mass is 453 g/mol. The molecular formula is C20H20ClNO7S. The van der Waals surface area contributed by atoms with E-state index in [9.17, 15) is 18.0 Å². The number of carbonyl (C=O) groups excluding carboxylic acids is 2. The number of halogens is 1. The summed E-state index contributed by atoms with van der Waals surface area (Å²) in [5.41, 5.74) is -0.830. The van der Waals surface area contributed by atoms with Crippen molar-refractivity contribution in [1.82, 2.24) is 0 Å². The standard InChI is InChI=1S/C20H20ClNO7S/c1-20(2,3)29-19(24)10-15(23)12-6-4-5-7-18(12)30(25,26)22-14-9-17-16(8-13(14)21)27-11-28-17/h4-9,22H,10-11H2,1-3H3. The number of carbonyl (C=O) groups is 2. The summed E-state index contributed by atoms with van der Waals surface area (Å²) in [5, 5.41) is 0.0976. The number of anilines is 1. The quantitative estimate of drug-likeness (QED) is 0.402. The Kier molecular flexibility index (Phi) is 5.96. The molecule has 0 bridgehead atoms. The first kappa shape index (κ1) is 21.9. The highest BCUT2D eigenvalue weighted by atomic mass is 35.5. The third-order valence-corrected chi connectivity index (χ3v) is 5.64. The van der Waals surface area contributed by atoms with Crippen LogP contribution in [-0.4, -0.2) is 32.6 Å². The molecule has 0 atom stereocenters. The van der Waals surface area contributed by atoms with Crippen LogP contribution in [0.5, 0.6) is 11.5 Å². The molecule has 2 aromatic rings. The molecule has 1 heterocycles. The summed E-state index contributed by atoms with van der Waals surface area (Å²) in [7, 11) is -4.20. The van der Waals surface area contributed by atoms with Gasteiger partial charge in [0.25, 0.3) is 10.0 Å². The number of ketones is 1. The zero-order valence-electron chi connectivity index (χ0n) is 16.5. The molecule has 0 saturated carbocycles. The van der Waals surface area contributed by atoms with Crippen LogP contribution in [0.1, 0.15) is 37.6 Å². The molecule has 10 heteroatoms. The molecule has 30 heavy (non-hydrogen) atoms. The van der Waals surface area contributed by atoms with E-state index < -0.39 is 33.8 Å². The van der Waals surface area contributed by atoms with E-state index in [0.29, 0.717) is 11.5 Å². The summed E-state index contributed by atoms with van der Waals surface area (Å²) in [6, 6.07) is 8.41. The number of hydrogen-bond donors (Lipinski definition) is 1. The van der Waals surface area contributed by atoms with E-state index in [4.69, 9.17) is 25.8 Å². The van der Waals surface area contributed by atoms with E-state index in [1.807, 2.05) is 0 Å². The van der Waals surface area contributed by atoms with E-state index in [0.717, 1.165) is 0 Å². The van der Waals surface area contributed by atoms with E-state index in [1.54, 1.807) is 20.8 Å². The molecule has 2 aromatic carbocycles. The lowest BCUT2D eigenvalue weighted by Gasteiger charge is -2.19. The minimum atomic E-state index is -4.20. The van der Waals surface area contributed by atoms with Crippen LogP contribution >= 0.6 is 11.6 Å². The number of nitrogens with one attached hydrogen (secondary N) is 1. The first-order valence-corrected chi connectivity index (χ1v) is 10.8. The molecule has 0 saturated heterocycles. The molecule has 1 N–H and O–H groups in total. The number of sulfonamides is 1. The summed E-state index contributed by atoms with van der Waals surface area (Å²) in [5.74, 6) is -0.684. The molecule has 8 nitrogen and oxygen atoms in total. The highest BCUT2D eigenvalue weighted by Gasteiger charge is 2.27. The van der Waals surface area contributed by atoms with Gasteiger partial charge in [-0.2, -0.15) is 0 Å². The van der Waals surface area contributed by atoms with Gasteiger partial charge in [0.05, 0.1) is 15.6 Å². The molecule has 0 unspecified atom stereocenters. The van der Waals surface area contributed by atoms with E-state index in [-0.39, 0.29) is 28.0 Å². The number of hydrogen-bond acceptors (Lipinski definition) is 7. The van der Waals surface area contributed by atoms with Crippen molar-refractivity contribution in [3.63, 3.8) is 0 Å². The molecule has 160 valence electrons. The number of benzene rings is 2. The molecule has 0 aliphatic carbocycles. The van der Waals surface area contributed by atoms with Crippen molar-refractivity contribution in [2.45, 2.75) is 37.7 Å². The number of fused-ring (bicyclic) bond motifs is 1. The van der Waals surface area contributed by atoms with Gasteiger partial charge in [0.2, 0.25) is 6.79 Å². The average molecular weight is 454 g/mol. The van der Waals surface area contributed by atoms with Gasteiger partial charge in [0.15, 0.2) is 17.3 Å². The zero-order valence-corrected chi connectivity index (χ0v) is 18.1. The normalized spacial score (nSPS) is 13.1. The second-order valence-corrected chi connectivity index (χ2v) is 9.53. The van der Waals surface area contributed by atoms with Gasteiger partial charge in [-0.1, -0.05) is 29.8 Å². The Hall–Kier alpha value is -2.78. The molecule has 0 fully saturated rings. The van der Waals surface area contributed by atoms with Gasteiger partial charge < -0.3 is 14.2 Å². The van der Waals surface area contributed by atoms with Gasteiger partial charge >= 0.3 is 5.97 Å². The fourth-order valence-electron chi connectivity index (χ4n) is 2.73. The van der Waals surface area contributed by atoms with E-state index in [2.05, 4.69) is 4.72 Å². The molecule has 1 aliphatic heterocycles. The van der Waals surface area contributed by atoms with Crippen LogP contribution in [0.3, 0.4) is 0 Å². The predicted octanol–water partition coefficient (Wildman–Crippen LogP) is 3.78. The van der Waals surface area contributed by atoms with Gasteiger partial charge in [-0.3, -0.25) is 14.3 Å². The van der Waals surface area contributed by atoms with Crippen LogP contribution in [0.15, 0.2) is 41.3 Å². The number of ether oxygens (including phenoxy) is 3. The molecule has 3 rings (SSSR count). The maximum atomic E-state index is 13.0. The molecule has 0 spiro atoms. The van der Waals surface area contributed by atoms with Crippen molar-refractivity contribution < 1.29 is 32.2 Å². The molecular weight excluding hydrogens is 434 g/mol. The SMILES string of the molecule is CC(C)(C)OC(=O)CC(=O)c1ccccc1S(=O)(=O)Nc1cc2c(cc1Cl)OCO2. The lowest BCUT2D eigenvalue weighted by molar-refractivity contribution is -0.153. The number of Topliss-reactive ketones (excluding diaryl/α,β-unsaturated/α-hetero) is 1. The number of rotatable bonds is 6. The lowest BCUT2D eigenvalue weighted by atomic mass is 10.1. The first-order chi connectivity index (χ1) is 14.0. The first-order valence-electron chi connectivity index (χ1n) is 8.92. The van der Waals surface area contributed by atoms with Crippen molar-refractivity contribution in [3.8, 4) is 11.5 Å². The maximum absolute atomic E-state index is 13.0. The highest BCUT2D eigenvalue weighted by molar-refractivity contribution is 7.92. The predicted molar refractivity (Wildman–Crippen MR) is 110 cm³/mol. The Balaban J connectivity index is 1.87.